The molecule has 0 bridgehead atoms. The number of halogens is 2. The highest BCUT2D eigenvalue weighted by atomic mass is 35.5. The van der Waals surface area contributed by atoms with Gasteiger partial charge in [0.15, 0.2) is 0 Å². The van der Waals surface area contributed by atoms with Gasteiger partial charge in [-0.05, 0) is 0 Å². The standard InChI is InChI=1S/C5H10FNO2.ClH/c1-9-5(8)2-4(6)3-7;/h4H,2-3,7H2,1H3;1H/t4-;/m0./s1. The minimum Gasteiger partial charge on any atom is -0.469 e. The molecule has 10 heavy (non-hydrogen) atoms. The Morgan fingerprint density at radius 1 is 1.80 bits per heavy atom. The Labute approximate surface area is 65.1 Å². The normalized spacial score (nSPS) is 11.5. The number of ether oxygens (including phenoxy) is 1. The molecule has 0 heterocycles. The molecule has 0 aromatic heterocycles. The van der Waals surface area contributed by atoms with Crippen LogP contribution in [0.3, 0.4) is 0 Å². The SMILES string of the molecule is COC(=O)C[C@H](F)CN.Cl. The first-order valence-electron chi connectivity index (χ1n) is 2.61. The molecule has 62 valence electrons. The number of hydrogen-bond donors (Lipinski definition) is 1. The summed E-state index contributed by atoms with van der Waals surface area (Å²) in [5, 5.41) is 0. The molecule has 0 saturated heterocycles. The number of hydrogen-bond acceptors (Lipinski definition) is 3. The minimum absolute atomic E-state index is 0. The maximum atomic E-state index is 12.1. The van der Waals surface area contributed by atoms with E-state index < -0.39 is 12.1 Å². The van der Waals surface area contributed by atoms with Crippen molar-refractivity contribution in [1.82, 2.24) is 0 Å². The first kappa shape index (κ1) is 12.3. The van der Waals surface area contributed by atoms with Gasteiger partial charge in [-0.1, -0.05) is 0 Å². The van der Waals surface area contributed by atoms with Gasteiger partial charge in [-0.3, -0.25) is 4.79 Å². The number of methoxy groups -OCH3 is 1. The molecule has 0 aromatic carbocycles. The van der Waals surface area contributed by atoms with Crippen molar-refractivity contribution < 1.29 is 13.9 Å². The monoisotopic (exact) mass is 171 g/mol. The molecule has 0 fully saturated rings. The van der Waals surface area contributed by atoms with Crippen LogP contribution >= 0.6 is 12.4 Å². The smallest absolute Gasteiger partial charge is 0.308 e. The summed E-state index contributed by atoms with van der Waals surface area (Å²) in [6.07, 6.45) is -1.51. The number of carbonyl (C=O) groups is 1. The Morgan fingerprint density at radius 2 is 2.30 bits per heavy atom. The van der Waals surface area contributed by atoms with Crippen LogP contribution in [0.1, 0.15) is 6.42 Å². The topological polar surface area (TPSA) is 52.3 Å². The van der Waals surface area contributed by atoms with E-state index in [2.05, 4.69) is 4.74 Å². The molecule has 0 saturated carbocycles. The van der Waals surface area contributed by atoms with Crippen molar-refractivity contribution in [3.63, 3.8) is 0 Å². The van der Waals surface area contributed by atoms with Gasteiger partial charge in [0, 0.05) is 6.54 Å². The van der Waals surface area contributed by atoms with Crippen molar-refractivity contribution in [2.45, 2.75) is 12.6 Å². The van der Waals surface area contributed by atoms with E-state index in [1.807, 2.05) is 0 Å². The molecular formula is C5H11ClFNO2. The zero-order valence-electron chi connectivity index (χ0n) is 5.67. The molecule has 0 spiro atoms. The van der Waals surface area contributed by atoms with Crippen molar-refractivity contribution in [2.24, 2.45) is 5.73 Å². The Kier molecular flexibility index (Phi) is 8.35. The predicted molar refractivity (Wildman–Crippen MR) is 37.8 cm³/mol. The van der Waals surface area contributed by atoms with Crippen molar-refractivity contribution >= 4 is 18.4 Å². The third-order valence-corrected chi connectivity index (χ3v) is 0.872. The largest absolute Gasteiger partial charge is 0.469 e. The van der Waals surface area contributed by atoms with Gasteiger partial charge in [-0.15, -0.1) is 12.4 Å². The van der Waals surface area contributed by atoms with Crippen LogP contribution in [-0.2, 0) is 9.53 Å². The molecule has 1 atom stereocenters. The second-order valence-electron chi connectivity index (χ2n) is 1.61. The van der Waals surface area contributed by atoms with E-state index in [0.717, 1.165) is 0 Å². The Hall–Kier alpha value is -0.350. The second-order valence-corrected chi connectivity index (χ2v) is 1.61. The minimum atomic E-state index is -1.27. The van der Waals surface area contributed by atoms with E-state index >= 15 is 0 Å². The third kappa shape index (κ3) is 5.78. The van der Waals surface area contributed by atoms with Crippen LogP contribution in [-0.4, -0.2) is 25.8 Å². The van der Waals surface area contributed by atoms with Crippen molar-refractivity contribution in [3.05, 3.63) is 0 Å². The molecule has 0 aliphatic rings. The number of esters is 1. The molecule has 0 aliphatic carbocycles. The van der Waals surface area contributed by atoms with E-state index in [4.69, 9.17) is 5.73 Å². The lowest BCUT2D eigenvalue weighted by Gasteiger charge is -2.00. The van der Waals surface area contributed by atoms with Crippen LogP contribution < -0.4 is 5.73 Å². The van der Waals surface area contributed by atoms with Gasteiger partial charge in [0.1, 0.15) is 6.17 Å². The summed E-state index contributed by atoms with van der Waals surface area (Å²) in [5.74, 6) is -0.562. The fraction of sp³-hybridized carbons (Fsp3) is 0.800. The lowest BCUT2D eigenvalue weighted by molar-refractivity contribution is -0.141. The highest BCUT2D eigenvalue weighted by Gasteiger charge is 2.09. The Balaban J connectivity index is 0. The lowest BCUT2D eigenvalue weighted by Crippen LogP contribution is -2.19. The van der Waals surface area contributed by atoms with Crippen LogP contribution in [0.25, 0.3) is 0 Å². The van der Waals surface area contributed by atoms with E-state index in [0.29, 0.717) is 0 Å². The van der Waals surface area contributed by atoms with Crippen molar-refractivity contribution in [1.29, 1.82) is 0 Å². The third-order valence-electron chi connectivity index (χ3n) is 0.872. The molecule has 2 N–H and O–H groups in total. The van der Waals surface area contributed by atoms with Crippen molar-refractivity contribution in [2.75, 3.05) is 13.7 Å². The molecule has 0 radical (unpaired) electrons. The number of carbonyl (C=O) groups excluding carboxylic acids is 1. The van der Waals surface area contributed by atoms with E-state index in [-0.39, 0.29) is 25.4 Å². The summed E-state index contributed by atoms with van der Waals surface area (Å²) in [4.78, 5) is 10.3. The number of nitrogens with two attached hydrogens (primary N) is 1. The van der Waals surface area contributed by atoms with Gasteiger partial charge >= 0.3 is 5.97 Å². The molecule has 3 nitrogen and oxygen atoms in total. The summed E-state index contributed by atoms with van der Waals surface area (Å²) in [5.41, 5.74) is 4.89. The van der Waals surface area contributed by atoms with Gasteiger partial charge in [0.2, 0.25) is 0 Å². The van der Waals surface area contributed by atoms with Gasteiger partial charge < -0.3 is 10.5 Å². The van der Waals surface area contributed by atoms with E-state index in [1.54, 1.807) is 0 Å². The van der Waals surface area contributed by atoms with Gasteiger partial charge in [0.05, 0.1) is 13.5 Å². The summed E-state index contributed by atoms with van der Waals surface area (Å²) in [7, 11) is 1.21. The quantitative estimate of drug-likeness (QED) is 0.621. The number of alkyl halides is 1. The first-order valence-corrected chi connectivity index (χ1v) is 2.61. The average molecular weight is 172 g/mol. The zero-order valence-corrected chi connectivity index (χ0v) is 6.49. The highest BCUT2D eigenvalue weighted by Crippen LogP contribution is 1.95. The molecule has 0 amide bonds. The summed E-state index contributed by atoms with van der Waals surface area (Å²) in [6, 6.07) is 0. The van der Waals surface area contributed by atoms with Crippen LogP contribution in [0, 0.1) is 0 Å². The average Bonchev–Trinajstić information content (AvgIpc) is 1.87. The maximum Gasteiger partial charge on any atom is 0.308 e. The Bertz CT molecular complexity index is 102. The molecule has 0 unspecified atom stereocenters. The van der Waals surface area contributed by atoms with Gasteiger partial charge in [-0.2, -0.15) is 0 Å². The van der Waals surface area contributed by atoms with Crippen LogP contribution in [0.15, 0.2) is 0 Å². The van der Waals surface area contributed by atoms with Gasteiger partial charge in [-0.25, -0.2) is 4.39 Å². The summed E-state index contributed by atoms with van der Waals surface area (Å²) in [6.45, 7) is -0.130. The lowest BCUT2D eigenvalue weighted by atomic mass is 10.3. The summed E-state index contributed by atoms with van der Waals surface area (Å²) < 4.78 is 16.3. The van der Waals surface area contributed by atoms with Crippen LogP contribution in [0.5, 0.6) is 0 Å². The molecule has 0 aliphatic heterocycles. The predicted octanol–water partition coefficient (Wildman–Crippen LogP) is 0.268. The van der Waals surface area contributed by atoms with Crippen molar-refractivity contribution in [3.8, 4) is 0 Å². The molecule has 5 heteroatoms. The summed E-state index contributed by atoms with van der Waals surface area (Å²) >= 11 is 0. The van der Waals surface area contributed by atoms with E-state index in [1.165, 1.54) is 7.11 Å². The van der Waals surface area contributed by atoms with E-state index in [9.17, 15) is 9.18 Å². The molecule has 0 rings (SSSR count). The highest BCUT2D eigenvalue weighted by molar-refractivity contribution is 5.85. The van der Waals surface area contributed by atoms with Gasteiger partial charge in [0.25, 0.3) is 0 Å². The molecule has 0 aromatic rings. The van der Waals surface area contributed by atoms with Crippen LogP contribution in [0.2, 0.25) is 0 Å². The Morgan fingerprint density at radius 3 is 2.60 bits per heavy atom. The maximum absolute atomic E-state index is 12.1. The first-order chi connectivity index (χ1) is 4.20. The fourth-order valence-corrected chi connectivity index (χ4v) is 0.348. The number of rotatable bonds is 3. The zero-order chi connectivity index (χ0) is 7.28. The van der Waals surface area contributed by atoms with Crippen LogP contribution in [0.4, 0.5) is 4.39 Å². The second kappa shape index (κ2) is 6.77. The molecular weight excluding hydrogens is 161 g/mol. The fourth-order valence-electron chi connectivity index (χ4n) is 0.348.